The van der Waals surface area contributed by atoms with E-state index in [1.165, 1.54) is 19.3 Å². The Morgan fingerprint density at radius 1 is 1.48 bits per heavy atom. The fourth-order valence-corrected chi connectivity index (χ4v) is 3.13. The van der Waals surface area contributed by atoms with Crippen LogP contribution in [0.5, 0.6) is 0 Å². The highest BCUT2D eigenvalue weighted by molar-refractivity contribution is 9.10. The van der Waals surface area contributed by atoms with Crippen LogP contribution >= 0.6 is 15.9 Å². The van der Waals surface area contributed by atoms with Gasteiger partial charge in [0.15, 0.2) is 0 Å². The first-order valence-corrected chi connectivity index (χ1v) is 8.28. The summed E-state index contributed by atoms with van der Waals surface area (Å²) in [5.41, 5.74) is 0.972. The lowest BCUT2D eigenvalue weighted by molar-refractivity contribution is -0.385. The van der Waals surface area contributed by atoms with E-state index >= 15 is 0 Å². The number of nitro groups is 1. The topological polar surface area (TPSA) is 58.4 Å². The van der Waals surface area contributed by atoms with Crippen molar-refractivity contribution in [1.82, 2.24) is 10.2 Å². The Bertz CT molecular complexity index is 490. The van der Waals surface area contributed by atoms with Gasteiger partial charge in [-0.25, -0.2) is 0 Å². The summed E-state index contributed by atoms with van der Waals surface area (Å²) in [7, 11) is 0. The summed E-state index contributed by atoms with van der Waals surface area (Å²) in [5.74, 6) is 0. The normalized spacial score (nSPS) is 18.9. The van der Waals surface area contributed by atoms with Crippen molar-refractivity contribution in [3.63, 3.8) is 0 Å². The quantitative estimate of drug-likeness (QED) is 0.628. The highest BCUT2D eigenvalue weighted by Gasteiger charge is 2.19. The van der Waals surface area contributed by atoms with E-state index in [1.807, 2.05) is 12.1 Å². The molecule has 0 spiro atoms. The maximum Gasteiger partial charge on any atom is 0.275 e. The number of rotatable bonds is 6. The average Bonchev–Trinajstić information content (AvgIpc) is 2.49. The predicted molar refractivity (Wildman–Crippen MR) is 87.4 cm³/mol. The summed E-state index contributed by atoms with van der Waals surface area (Å²) in [5, 5.41) is 14.7. The molecule has 1 aromatic carbocycles. The summed E-state index contributed by atoms with van der Waals surface area (Å²) in [4.78, 5) is 13.2. The van der Waals surface area contributed by atoms with Crippen molar-refractivity contribution in [2.45, 2.75) is 38.8 Å². The maximum absolute atomic E-state index is 11.2. The van der Waals surface area contributed by atoms with Crippen LogP contribution in [0.2, 0.25) is 0 Å². The molecule has 1 fully saturated rings. The molecule has 0 radical (unpaired) electrons. The van der Waals surface area contributed by atoms with Crippen molar-refractivity contribution in [3.8, 4) is 0 Å². The van der Waals surface area contributed by atoms with Gasteiger partial charge in [0, 0.05) is 35.2 Å². The molecule has 6 heteroatoms. The number of hydrogen-bond donors (Lipinski definition) is 1. The molecule has 0 aromatic heterocycles. The summed E-state index contributed by atoms with van der Waals surface area (Å²) >= 11 is 3.30. The first-order chi connectivity index (χ1) is 10.1. The Hall–Kier alpha value is -0.980. The standard InChI is InChI=1S/C15H22BrN3O2/c1-2-18(11-14-5-3-4-8-17-14)10-12-6-7-13(16)9-15(12)19(20)21/h6-7,9,14,17H,2-5,8,10-11H2,1H3. The van der Waals surface area contributed by atoms with Crippen LogP contribution in [0.1, 0.15) is 31.7 Å². The second-order valence-corrected chi connectivity index (χ2v) is 6.42. The molecule has 0 aliphatic carbocycles. The number of benzene rings is 1. The van der Waals surface area contributed by atoms with Crippen LogP contribution in [-0.2, 0) is 6.54 Å². The molecular formula is C15H22BrN3O2. The number of nitro benzene ring substituents is 1. The number of likely N-dealkylation sites (N-methyl/N-ethyl adjacent to an activating group) is 1. The maximum atomic E-state index is 11.2. The van der Waals surface area contributed by atoms with E-state index in [9.17, 15) is 10.1 Å². The molecular weight excluding hydrogens is 334 g/mol. The first-order valence-electron chi connectivity index (χ1n) is 7.48. The van der Waals surface area contributed by atoms with E-state index in [1.54, 1.807) is 6.07 Å². The lowest BCUT2D eigenvalue weighted by atomic mass is 10.0. The van der Waals surface area contributed by atoms with E-state index in [-0.39, 0.29) is 10.6 Å². The average molecular weight is 356 g/mol. The summed E-state index contributed by atoms with van der Waals surface area (Å²) in [6.07, 6.45) is 3.72. The minimum atomic E-state index is -0.299. The third kappa shape index (κ3) is 4.76. The molecule has 5 nitrogen and oxygen atoms in total. The molecule has 1 aliphatic rings. The van der Waals surface area contributed by atoms with Crippen LogP contribution in [-0.4, -0.2) is 35.5 Å². The van der Waals surface area contributed by atoms with E-state index in [0.717, 1.165) is 29.7 Å². The van der Waals surface area contributed by atoms with E-state index < -0.39 is 0 Å². The molecule has 1 aromatic rings. The van der Waals surface area contributed by atoms with Gasteiger partial charge in [-0.2, -0.15) is 0 Å². The molecule has 1 saturated heterocycles. The fraction of sp³-hybridized carbons (Fsp3) is 0.600. The minimum Gasteiger partial charge on any atom is -0.313 e. The van der Waals surface area contributed by atoms with Crippen LogP contribution in [0.3, 0.4) is 0 Å². The Labute approximate surface area is 134 Å². The first kappa shape index (κ1) is 16.4. The van der Waals surface area contributed by atoms with Gasteiger partial charge in [-0.15, -0.1) is 0 Å². The van der Waals surface area contributed by atoms with Crippen LogP contribution in [0, 0.1) is 10.1 Å². The Morgan fingerprint density at radius 2 is 2.29 bits per heavy atom. The van der Waals surface area contributed by atoms with Crippen molar-refractivity contribution in [2.24, 2.45) is 0 Å². The lowest BCUT2D eigenvalue weighted by Crippen LogP contribution is -2.43. The monoisotopic (exact) mass is 355 g/mol. The van der Waals surface area contributed by atoms with Gasteiger partial charge in [-0.05, 0) is 38.1 Å². The zero-order valence-corrected chi connectivity index (χ0v) is 13.9. The Morgan fingerprint density at radius 3 is 2.90 bits per heavy atom. The fourth-order valence-electron chi connectivity index (χ4n) is 2.78. The molecule has 1 aliphatic heterocycles. The third-order valence-electron chi connectivity index (χ3n) is 3.98. The van der Waals surface area contributed by atoms with Gasteiger partial charge < -0.3 is 5.32 Å². The summed E-state index contributed by atoms with van der Waals surface area (Å²) < 4.78 is 0.745. The molecule has 1 heterocycles. The number of piperidine rings is 1. The Balaban J connectivity index is 2.05. The second-order valence-electron chi connectivity index (χ2n) is 5.50. The smallest absolute Gasteiger partial charge is 0.275 e. The molecule has 116 valence electrons. The number of halogens is 1. The van der Waals surface area contributed by atoms with Crippen LogP contribution < -0.4 is 5.32 Å². The van der Waals surface area contributed by atoms with Gasteiger partial charge >= 0.3 is 0 Å². The minimum absolute atomic E-state index is 0.194. The van der Waals surface area contributed by atoms with Crippen molar-refractivity contribution in [2.75, 3.05) is 19.6 Å². The number of hydrogen-bond acceptors (Lipinski definition) is 4. The highest BCUT2D eigenvalue weighted by atomic mass is 79.9. The SMILES string of the molecule is CCN(Cc1ccc(Br)cc1[N+](=O)[O-])CC1CCCCN1. The second kappa shape index (κ2) is 7.87. The van der Waals surface area contributed by atoms with E-state index in [4.69, 9.17) is 0 Å². The molecule has 1 atom stereocenters. The van der Waals surface area contributed by atoms with E-state index in [0.29, 0.717) is 12.6 Å². The Kier molecular flexibility index (Phi) is 6.14. The van der Waals surface area contributed by atoms with Crippen molar-refractivity contribution in [1.29, 1.82) is 0 Å². The molecule has 1 N–H and O–H groups in total. The molecule has 0 amide bonds. The molecule has 0 saturated carbocycles. The van der Waals surface area contributed by atoms with Gasteiger partial charge in [0.1, 0.15) is 0 Å². The van der Waals surface area contributed by atoms with E-state index in [2.05, 4.69) is 33.1 Å². The van der Waals surface area contributed by atoms with Crippen molar-refractivity contribution >= 4 is 21.6 Å². The van der Waals surface area contributed by atoms with Crippen LogP contribution in [0.25, 0.3) is 0 Å². The number of nitrogens with zero attached hydrogens (tertiary/aromatic N) is 2. The highest BCUT2D eigenvalue weighted by Crippen LogP contribution is 2.25. The van der Waals surface area contributed by atoms with Gasteiger partial charge in [0.05, 0.1) is 4.92 Å². The number of nitrogens with one attached hydrogen (secondary N) is 1. The summed E-state index contributed by atoms with van der Waals surface area (Å²) in [6.45, 7) is 5.65. The van der Waals surface area contributed by atoms with Gasteiger partial charge in [0.2, 0.25) is 0 Å². The van der Waals surface area contributed by atoms with Gasteiger partial charge in [0.25, 0.3) is 5.69 Å². The molecule has 2 rings (SSSR count). The largest absolute Gasteiger partial charge is 0.313 e. The zero-order valence-electron chi connectivity index (χ0n) is 12.3. The predicted octanol–water partition coefficient (Wildman–Crippen LogP) is 3.32. The van der Waals surface area contributed by atoms with Crippen LogP contribution in [0.15, 0.2) is 22.7 Å². The van der Waals surface area contributed by atoms with Gasteiger partial charge in [-0.3, -0.25) is 15.0 Å². The lowest BCUT2D eigenvalue weighted by Gasteiger charge is -2.29. The molecule has 21 heavy (non-hydrogen) atoms. The summed E-state index contributed by atoms with van der Waals surface area (Å²) in [6, 6.07) is 5.81. The molecule has 1 unspecified atom stereocenters. The van der Waals surface area contributed by atoms with Crippen molar-refractivity contribution < 1.29 is 4.92 Å². The zero-order chi connectivity index (χ0) is 15.2. The molecule has 0 bridgehead atoms. The van der Waals surface area contributed by atoms with Gasteiger partial charge in [-0.1, -0.05) is 29.3 Å². The van der Waals surface area contributed by atoms with Crippen molar-refractivity contribution in [3.05, 3.63) is 38.3 Å². The van der Waals surface area contributed by atoms with Crippen LogP contribution in [0.4, 0.5) is 5.69 Å². The third-order valence-corrected chi connectivity index (χ3v) is 4.47.